The maximum absolute atomic E-state index is 11.9. The second kappa shape index (κ2) is 11.8. The van der Waals surface area contributed by atoms with Gasteiger partial charge in [-0.2, -0.15) is 0 Å². The third-order valence-corrected chi connectivity index (χ3v) is 6.64. The Bertz CT molecular complexity index is 1160. The average Bonchev–Trinajstić information content (AvgIpc) is 2.92. The summed E-state index contributed by atoms with van der Waals surface area (Å²) < 4.78 is 5.55. The molecule has 9 nitrogen and oxygen atoms in total. The first kappa shape index (κ1) is 25.4. The number of hydrogen-bond acceptors (Lipinski definition) is 8. The molecule has 36 heavy (non-hydrogen) atoms. The molecule has 0 spiro atoms. The van der Waals surface area contributed by atoms with Crippen LogP contribution in [0, 0.1) is 0 Å². The summed E-state index contributed by atoms with van der Waals surface area (Å²) in [6, 6.07) is 12.0. The molecule has 3 aromatic rings. The van der Waals surface area contributed by atoms with Gasteiger partial charge < -0.3 is 25.6 Å². The second-order valence-corrected chi connectivity index (χ2v) is 9.26. The van der Waals surface area contributed by atoms with E-state index in [2.05, 4.69) is 49.8 Å². The molecule has 9 heteroatoms. The van der Waals surface area contributed by atoms with Crippen molar-refractivity contribution in [3.8, 4) is 17.0 Å². The summed E-state index contributed by atoms with van der Waals surface area (Å²) in [5, 5.41) is 9.58. The van der Waals surface area contributed by atoms with Gasteiger partial charge in [0.15, 0.2) is 0 Å². The molecular formula is C27H35N7O2. The summed E-state index contributed by atoms with van der Waals surface area (Å²) in [6.45, 7) is 4.97. The lowest BCUT2D eigenvalue weighted by atomic mass is 9.98. The lowest BCUT2D eigenvalue weighted by Crippen LogP contribution is -2.36. The topological polar surface area (TPSA) is 104 Å². The number of aromatic nitrogens is 3. The zero-order valence-corrected chi connectivity index (χ0v) is 21.4. The minimum absolute atomic E-state index is 0.128. The number of carbonyl (C=O) groups is 1. The number of pyridine rings is 1. The minimum atomic E-state index is -0.140. The zero-order chi connectivity index (χ0) is 25.5. The Labute approximate surface area is 212 Å². The standard InChI is InChI=1S/C27H35N7O2/c1-18(22-7-5-19(27(35)28-2)13-24(22)36-4)15-29-26-14-23(31-17-32-26)20-6-8-25(30-16-20)33-21-9-11-34(3)12-10-21/h5-8,13-14,16-18,21H,9-12,15H2,1-4H3,(H,28,35)(H,30,33)(H,29,31,32)/t18-/m1/s1. The van der Waals surface area contributed by atoms with Gasteiger partial charge in [-0.25, -0.2) is 15.0 Å². The van der Waals surface area contributed by atoms with Crippen molar-refractivity contribution < 1.29 is 9.53 Å². The number of likely N-dealkylation sites (tertiary alicyclic amines) is 1. The van der Waals surface area contributed by atoms with Crippen LogP contribution in [0.5, 0.6) is 5.75 Å². The van der Waals surface area contributed by atoms with Gasteiger partial charge in [0.25, 0.3) is 5.91 Å². The third kappa shape index (κ3) is 6.28. The molecule has 0 aliphatic carbocycles. The fourth-order valence-corrected chi connectivity index (χ4v) is 4.38. The van der Waals surface area contributed by atoms with Gasteiger partial charge in [0, 0.05) is 48.9 Å². The smallest absolute Gasteiger partial charge is 0.251 e. The number of methoxy groups -OCH3 is 1. The Morgan fingerprint density at radius 2 is 1.92 bits per heavy atom. The normalized spacial score (nSPS) is 15.2. The molecule has 3 N–H and O–H groups in total. The van der Waals surface area contributed by atoms with Crippen LogP contribution >= 0.6 is 0 Å². The van der Waals surface area contributed by atoms with Gasteiger partial charge in [-0.05, 0) is 62.8 Å². The Morgan fingerprint density at radius 1 is 1.11 bits per heavy atom. The number of piperidine rings is 1. The first-order valence-corrected chi connectivity index (χ1v) is 12.3. The quantitative estimate of drug-likeness (QED) is 0.419. The molecule has 190 valence electrons. The van der Waals surface area contributed by atoms with Crippen molar-refractivity contribution in [3.63, 3.8) is 0 Å². The molecule has 0 bridgehead atoms. The van der Waals surface area contributed by atoms with Gasteiger partial charge in [-0.1, -0.05) is 13.0 Å². The van der Waals surface area contributed by atoms with Gasteiger partial charge in [0.1, 0.15) is 23.7 Å². The minimum Gasteiger partial charge on any atom is -0.496 e. The van der Waals surface area contributed by atoms with Crippen molar-refractivity contribution in [3.05, 3.63) is 60.0 Å². The number of anilines is 2. The molecule has 1 aliphatic heterocycles. The zero-order valence-electron chi connectivity index (χ0n) is 21.4. The van der Waals surface area contributed by atoms with E-state index in [0.29, 0.717) is 23.9 Å². The number of ether oxygens (including phenoxy) is 1. The number of amides is 1. The number of carbonyl (C=O) groups excluding carboxylic acids is 1. The van der Waals surface area contributed by atoms with Crippen LogP contribution in [0.1, 0.15) is 41.6 Å². The van der Waals surface area contributed by atoms with Crippen molar-refractivity contribution in [1.82, 2.24) is 25.2 Å². The van der Waals surface area contributed by atoms with Crippen LogP contribution in [0.3, 0.4) is 0 Å². The fourth-order valence-electron chi connectivity index (χ4n) is 4.38. The maximum Gasteiger partial charge on any atom is 0.251 e. The van der Waals surface area contributed by atoms with E-state index < -0.39 is 0 Å². The number of nitrogens with zero attached hydrogens (tertiary/aromatic N) is 4. The molecule has 1 saturated heterocycles. The first-order chi connectivity index (χ1) is 17.5. The molecular weight excluding hydrogens is 454 g/mol. The average molecular weight is 490 g/mol. The Kier molecular flexibility index (Phi) is 8.32. The van der Waals surface area contributed by atoms with Crippen LogP contribution in [0.25, 0.3) is 11.3 Å². The van der Waals surface area contributed by atoms with Crippen molar-refractivity contribution in [2.24, 2.45) is 0 Å². The molecule has 1 fully saturated rings. The molecule has 1 amide bonds. The second-order valence-electron chi connectivity index (χ2n) is 9.26. The largest absolute Gasteiger partial charge is 0.496 e. The van der Waals surface area contributed by atoms with Crippen LogP contribution in [-0.4, -0.2) is 72.6 Å². The van der Waals surface area contributed by atoms with E-state index in [1.807, 2.05) is 36.5 Å². The molecule has 0 saturated carbocycles. The molecule has 0 radical (unpaired) electrons. The number of benzene rings is 1. The van der Waals surface area contributed by atoms with Crippen LogP contribution < -0.4 is 20.7 Å². The van der Waals surface area contributed by atoms with Crippen LogP contribution in [0.4, 0.5) is 11.6 Å². The van der Waals surface area contributed by atoms with Gasteiger partial charge in [0.2, 0.25) is 0 Å². The van der Waals surface area contributed by atoms with Gasteiger partial charge in [-0.15, -0.1) is 0 Å². The van der Waals surface area contributed by atoms with E-state index in [0.717, 1.165) is 54.4 Å². The van der Waals surface area contributed by atoms with Crippen LogP contribution in [0.15, 0.2) is 48.9 Å². The summed E-state index contributed by atoms with van der Waals surface area (Å²) in [5.41, 5.74) is 3.34. The van der Waals surface area contributed by atoms with E-state index >= 15 is 0 Å². The summed E-state index contributed by atoms with van der Waals surface area (Å²) in [7, 11) is 5.40. The first-order valence-electron chi connectivity index (χ1n) is 12.3. The Hall–Kier alpha value is -3.72. The highest BCUT2D eigenvalue weighted by Gasteiger charge is 2.17. The van der Waals surface area contributed by atoms with Crippen LogP contribution in [0.2, 0.25) is 0 Å². The van der Waals surface area contributed by atoms with Crippen LogP contribution in [-0.2, 0) is 0 Å². The molecule has 1 aromatic carbocycles. The highest BCUT2D eigenvalue weighted by molar-refractivity contribution is 5.94. The summed E-state index contributed by atoms with van der Waals surface area (Å²) in [6.07, 6.45) is 5.67. The summed E-state index contributed by atoms with van der Waals surface area (Å²) in [5.74, 6) is 2.31. The predicted molar refractivity (Wildman–Crippen MR) is 143 cm³/mol. The van der Waals surface area contributed by atoms with Crippen molar-refractivity contribution >= 4 is 17.5 Å². The predicted octanol–water partition coefficient (Wildman–Crippen LogP) is 3.63. The monoisotopic (exact) mass is 489 g/mol. The van der Waals surface area contributed by atoms with Crippen molar-refractivity contribution in [2.45, 2.75) is 31.7 Å². The molecule has 2 aromatic heterocycles. The molecule has 4 rings (SSSR count). The molecule has 3 heterocycles. The Balaban J connectivity index is 1.38. The SMILES string of the molecule is CNC(=O)c1ccc([C@H](C)CNc2cc(-c3ccc(NC4CCN(C)CC4)nc3)ncn2)c(OC)c1. The number of nitrogens with one attached hydrogen (secondary N) is 3. The molecule has 0 unspecified atom stereocenters. The Morgan fingerprint density at radius 3 is 2.61 bits per heavy atom. The van der Waals surface area contributed by atoms with E-state index in [-0.39, 0.29) is 11.8 Å². The van der Waals surface area contributed by atoms with Gasteiger partial charge >= 0.3 is 0 Å². The van der Waals surface area contributed by atoms with E-state index in [9.17, 15) is 4.79 Å². The maximum atomic E-state index is 11.9. The molecule has 1 aliphatic rings. The van der Waals surface area contributed by atoms with Gasteiger partial charge in [-0.3, -0.25) is 4.79 Å². The fraction of sp³-hybridized carbons (Fsp3) is 0.407. The molecule has 1 atom stereocenters. The van der Waals surface area contributed by atoms with Crippen molar-refractivity contribution in [1.29, 1.82) is 0 Å². The van der Waals surface area contributed by atoms with E-state index in [4.69, 9.17) is 4.74 Å². The highest BCUT2D eigenvalue weighted by Crippen LogP contribution is 2.28. The van der Waals surface area contributed by atoms with Gasteiger partial charge in [0.05, 0.1) is 12.8 Å². The summed E-state index contributed by atoms with van der Waals surface area (Å²) in [4.78, 5) is 27.7. The number of hydrogen-bond donors (Lipinski definition) is 3. The lowest BCUT2D eigenvalue weighted by molar-refractivity contribution is 0.0962. The lowest BCUT2D eigenvalue weighted by Gasteiger charge is -2.29. The third-order valence-electron chi connectivity index (χ3n) is 6.64. The number of rotatable bonds is 9. The highest BCUT2D eigenvalue weighted by atomic mass is 16.5. The summed E-state index contributed by atoms with van der Waals surface area (Å²) >= 11 is 0. The van der Waals surface area contributed by atoms with E-state index in [1.54, 1.807) is 26.6 Å². The van der Waals surface area contributed by atoms with Crippen molar-refractivity contribution in [2.75, 3.05) is 51.5 Å². The van der Waals surface area contributed by atoms with E-state index in [1.165, 1.54) is 0 Å².